The average Bonchev–Trinajstić information content (AvgIpc) is 3.23. The van der Waals surface area contributed by atoms with Gasteiger partial charge in [-0.05, 0) is 12.5 Å². The molecule has 1 N–H and O–H groups in total. The predicted octanol–water partition coefficient (Wildman–Crippen LogP) is 3.16. The number of aromatic nitrogens is 2. The molecule has 5 rings (SSSR count). The smallest absolute Gasteiger partial charge is 0.336 e. The van der Waals surface area contributed by atoms with E-state index >= 15 is 0 Å². The molecule has 21 heavy (non-hydrogen) atoms. The van der Waals surface area contributed by atoms with Crippen LogP contribution >= 0.6 is 11.3 Å². The average molecular weight is 296 g/mol. The molecule has 1 aromatic carbocycles. The van der Waals surface area contributed by atoms with Crippen LogP contribution in [0.3, 0.4) is 0 Å². The zero-order valence-corrected chi connectivity index (χ0v) is 11.9. The summed E-state index contributed by atoms with van der Waals surface area (Å²) in [6.07, 6.45) is 5.06. The lowest BCUT2D eigenvalue weighted by Gasteiger charge is -2.05. The van der Waals surface area contributed by atoms with Crippen molar-refractivity contribution in [2.75, 3.05) is 0 Å². The van der Waals surface area contributed by atoms with Crippen molar-refractivity contribution in [3.63, 3.8) is 0 Å². The monoisotopic (exact) mass is 296 g/mol. The van der Waals surface area contributed by atoms with E-state index in [-0.39, 0.29) is 23.5 Å². The fourth-order valence-electron chi connectivity index (χ4n) is 3.62. The Balaban J connectivity index is 1.85. The first kappa shape index (κ1) is 11.4. The molecule has 2 atom stereocenters. The summed E-state index contributed by atoms with van der Waals surface area (Å²) in [5.41, 5.74) is 1.41. The van der Waals surface area contributed by atoms with Gasteiger partial charge in [-0.2, -0.15) is 0 Å². The summed E-state index contributed by atoms with van der Waals surface area (Å²) >= 11 is 1.59. The van der Waals surface area contributed by atoms with Gasteiger partial charge in [-0.3, -0.25) is 4.57 Å². The van der Waals surface area contributed by atoms with Gasteiger partial charge in [-0.15, -0.1) is 11.3 Å². The van der Waals surface area contributed by atoms with Gasteiger partial charge >= 0.3 is 5.69 Å². The zero-order valence-electron chi connectivity index (χ0n) is 11.1. The number of thiophene rings is 1. The van der Waals surface area contributed by atoms with Gasteiger partial charge in [-0.1, -0.05) is 30.4 Å². The molecular formula is C16H12N2O2S. The number of fused-ring (bicyclic) bond motifs is 6. The maximum Gasteiger partial charge on any atom is 0.336 e. The van der Waals surface area contributed by atoms with Gasteiger partial charge in [0.1, 0.15) is 0 Å². The van der Waals surface area contributed by atoms with E-state index in [1.165, 1.54) is 4.57 Å². The molecule has 2 aliphatic rings. The van der Waals surface area contributed by atoms with Crippen molar-refractivity contribution < 1.29 is 5.11 Å². The molecule has 0 amide bonds. The zero-order chi connectivity index (χ0) is 14.1. The number of nitrogens with zero attached hydrogens (tertiary/aromatic N) is 2. The maximum atomic E-state index is 12.8. The van der Waals surface area contributed by atoms with Crippen LogP contribution in [0.15, 0.2) is 46.6 Å². The first-order valence-electron chi connectivity index (χ1n) is 6.96. The molecule has 1 aliphatic heterocycles. The first-order valence-corrected chi connectivity index (χ1v) is 7.84. The highest BCUT2D eigenvalue weighted by molar-refractivity contribution is 7.17. The van der Waals surface area contributed by atoms with E-state index in [0.29, 0.717) is 0 Å². The Hall–Kier alpha value is -2.27. The Morgan fingerprint density at radius 3 is 2.95 bits per heavy atom. The molecule has 5 heteroatoms. The van der Waals surface area contributed by atoms with Crippen LogP contribution in [0.2, 0.25) is 0 Å². The molecule has 2 bridgehead atoms. The van der Waals surface area contributed by atoms with Crippen molar-refractivity contribution in [3.05, 3.63) is 58.0 Å². The lowest BCUT2D eigenvalue weighted by molar-refractivity contribution is 0.433. The topological polar surface area (TPSA) is 47.2 Å². The van der Waals surface area contributed by atoms with E-state index in [1.807, 2.05) is 29.6 Å². The SMILES string of the molecule is O=c1n(-c2csc3ccccc23)c(O)c2n1C1C=CC2C1. The van der Waals surface area contributed by atoms with Crippen LogP contribution in [0.5, 0.6) is 5.88 Å². The summed E-state index contributed by atoms with van der Waals surface area (Å²) in [4.78, 5) is 12.8. The van der Waals surface area contributed by atoms with Gasteiger partial charge in [0.2, 0.25) is 5.88 Å². The molecule has 4 nitrogen and oxygen atoms in total. The molecule has 3 heterocycles. The molecule has 3 aromatic rings. The Kier molecular flexibility index (Phi) is 2.00. The van der Waals surface area contributed by atoms with Crippen molar-refractivity contribution in [2.45, 2.75) is 18.4 Å². The van der Waals surface area contributed by atoms with Gasteiger partial charge in [-0.25, -0.2) is 9.36 Å². The quantitative estimate of drug-likeness (QED) is 0.701. The van der Waals surface area contributed by atoms with Crippen molar-refractivity contribution >= 4 is 21.4 Å². The maximum absolute atomic E-state index is 12.8. The van der Waals surface area contributed by atoms with Crippen LogP contribution < -0.4 is 5.69 Å². The van der Waals surface area contributed by atoms with E-state index in [4.69, 9.17) is 0 Å². The van der Waals surface area contributed by atoms with Crippen molar-refractivity contribution in [1.82, 2.24) is 9.13 Å². The van der Waals surface area contributed by atoms with Crippen LogP contribution in [0.25, 0.3) is 15.8 Å². The number of hydrogen-bond acceptors (Lipinski definition) is 3. The molecule has 1 aliphatic carbocycles. The van der Waals surface area contributed by atoms with Crippen LogP contribution in [0.4, 0.5) is 0 Å². The minimum atomic E-state index is -0.136. The number of allylic oxidation sites excluding steroid dienone is 2. The molecule has 104 valence electrons. The highest BCUT2D eigenvalue weighted by atomic mass is 32.1. The first-order chi connectivity index (χ1) is 10.3. The Morgan fingerprint density at radius 1 is 1.24 bits per heavy atom. The second-order valence-electron chi connectivity index (χ2n) is 5.61. The highest BCUT2D eigenvalue weighted by Crippen LogP contribution is 2.47. The Labute approximate surface area is 124 Å². The summed E-state index contributed by atoms with van der Waals surface area (Å²) in [5, 5.41) is 13.5. The van der Waals surface area contributed by atoms with Crippen LogP contribution in [0, 0.1) is 0 Å². The number of aromatic hydroxyl groups is 1. The van der Waals surface area contributed by atoms with Crippen molar-refractivity contribution in [3.8, 4) is 11.6 Å². The third kappa shape index (κ3) is 1.27. The third-order valence-corrected chi connectivity index (χ3v) is 5.49. The largest absolute Gasteiger partial charge is 0.493 e. The highest BCUT2D eigenvalue weighted by Gasteiger charge is 2.39. The summed E-state index contributed by atoms with van der Waals surface area (Å²) in [5.74, 6) is 0.272. The second-order valence-corrected chi connectivity index (χ2v) is 6.52. The summed E-state index contributed by atoms with van der Waals surface area (Å²) in [6.45, 7) is 0. The minimum Gasteiger partial charge on any atom is -0.493 e. The van der Waals surface area contributed by atoms with Crippen molar-refractivity contribution in [2.24, 2.45) is 0 Å². The van der Waals surface area contributed by atoms with Gasteiger partial charge in [0, 0.05) is 21.4 Å². The molecule has 0 radical (unpaired) electrons. The van der Waals surface area contributed by atoms with Gasteiger partial charge in [0.05, 0.1) is 17.4 Å². The number of imidazole rings is 1. The molecule has 0 fully saturated rings. The number of rotatable bonds is 1. The van der Waals surface area contributed by atoms with Gasteiger partial charge < -0.3 is 5.11 Å². The normalized spacial score (nSPS) is 22.3. The fourth-order valence-corrected chi connectivity index (χ4v) is 4.54. The summed E-state index contributed by atoms with van der Waals surface area (Å²) in [6, 6.07) is 8.06. The lowest BCUT2D eigenvalue weighted by Crippen LogP contribution is -2.24. The molecule has 2 unspecified atom stereocenters. The van der Waals surface area contributed by atoms with Crippen LogP contribution in [0.1, 0.15) is 24.1 Å². The molecule has 0 spiro atoms. The number of benzene rings is 1. The van der Waals surface area contributed by atoms with E-state index < -0.39 is 0 Å². The predicted molar refractivity (Wildman–Crippen MR) is 82.6 cm³/mol. The molecule has 0 saturated heterocycles. The standard InChI is InChI=1S/C16H12N2O2S/c19-15-14-9-5-6-10(7-9)17(14)16(20)18(15)12-8-21-13-4-2-1-3-11(12)13/h1-6,8-10,19H,7H2. The Morgan fingerprint density at radius 2 is 2.10 bits per heavy atom. The Bertz CT molecular complexity index is 976. The lowest BCUT2D eigenvalue weighted by atomic mass is 10.1. The molecular weight excluding hydrogens is 284 g/mol. The van der Waals surface area contributed by atoms with Crippen LogP contribution in [-0.4, -0.2) is 14.2 Å². The summed E-state index contributed by atoms with van der Waals surface area (Å²) in [7, 11) is 0. The molecule has 2 aromatic heterocycles. The fraction of sp³-hybridized carbons (Fsp3) is 0.188. The third-order valence-electron chi connectivity index (χ3n) is 4.54. The molecule has 0 saturated carbocycles. The van der Waals surface area contributed by atoms with Gasteiger partial charge in [0.25, 0.3) is 0 Å². The van der Waals surface area contributed by atoms with E-state index in [0.717, 1.165) is 27.9 Å². The van der Waals surface area contributed by atoms with E-state index in [9.17, 15) is 9.90 Å². The minimum absolute atomic E-state index is 0.0976. The second kappa shape index (κ2) is 3.68. The number of hydrogen-bond donors (Lipinski definition) is 1. The van der Waals surface area contributed by atoms with Crippen LogP contribution in [-0.2, 0) is 0 Å². The van der Waals surface area contributed by atoms with Gasteiger partial charge in [0.15, 0.2) is 0 Å². The van der Waals surface area contributed by atoms with Crippen molar-refractivity contribution in [1.29, 1.82) is 0 Å². The summed E-state index contributed by atoms with van der Waals surface area (Å²) < 4.78 is 4.32. The van der Waals surface area contributed by atoms with E-state index in [1.54, 1.807) is 15.9 Å². The van der Waals surface area contributed by atoms with E-state index in [2.05, 4.69) is 12.2 Å².